The molecule has 0 aliphatic carbocycles. The molecule has 19 heavy (non-hydrogen) atoms. The summed E-state index contributed by atoms with van der Waals surface area (Å²) in [6, 6.07) is 6.50. The molecule has 0 saturated carbocycles. The summed E-state index contributed by atoms with van der Waals surface area (Å²) in [6.45, 7) is 3.37. The van der Waals surface area contributed by atoms with Gasteiger partial charge in [-0.05, 0) is 26.0 Å². The van der Waals surface area contributed by atoms with Crippen LogP contribution in [0.25, 0.3) is 0 Å². The van der Waals surface area contributed by atoms with E-state index in [4.69, 9.17) is 0 Å². The maximum atomic E-state index is 12.2. The minimum absolute atomic E-state index is 0.175. The molecule has 0 unspecified atom stereocenters. The van der Waals surface area contributed by atoms with E-state index in [1.54, 1.807) is 12.1 Å². The quantitative estimate of drug-likeness (QED) is 0.623. The maximum absolute atomic E-state index is 12.2. The molecular weight excluding hydrogens is 266 g/mol. The van der Waals surface area contributed by atoms with Crippen LogP contribution in [-0.4, -0.2) is 32.8 Å². The van der Waals surface area contributed by atoms with Gasteiger partial charge in [-0.15, -0.1) is 0 Å². The molecule has 0 aromatic heterocycles. The largest absolute Gasteiger partial charge is 0.466 e. The second kappa shape index (κ2) is 5.88. The Labute approximate surface area is 113 Å². The van der Waals surface area contributed by atoms with E-state index >= 15 is 0 Å². The Morgan fingerprint density at radius 1 is 1.26 bits per heavy atom. The SMILES string of the molecule is COC(=O)/C(C)=C/N(C)S(=O)(=O)c1ccc(C)cc1. The number of nitrogens with zero attached hydrogens (tertiary/aromatic N) is 1. The van der Waals surface area contributed by atoms with Crippen LogP contribution in [0.1, 0.15) is 12.5 Å². The van der Waals surface area contributed by atoms with Crippen LogP contribution in [-0.2, 0) is 19.6 Å². The number of carbonyl (C=O) groups is 1. The van der Waals surface area contributed by atoms with Gasteiger partial charge in [0.1, 0.15) is 0 Å². The first kappa shape index (κ1) is 15.2. The van der Waals surface area contributed by atoms with Crippen molar-refractivity contribution in [1.82, 2.24) is 4.31 Å². The number of methoxy groups -OCH3 is 1. The minimum atomic E-state index is -3.64. The summed E-state index contributed by atoms with van der Waals surface area (Å²) in [5.74, 6) is -0.564. The molecule has 0 atom stereocenters. The highest BCUT2D eigenvalue weighted by Gasteiger charge is 2.19. The van der Waals surface area contributed by atoms with Gasteiger partial charge in [0.25, 0.3) is 10.0 Å². The zero-order chi connectivity index (χ0) is 14.6. The summed E-state index contributed by atoms with van der Waals surface area (Å²) >= 11 is 0. The number of hydrogen-bond donors (Lipinski definition) is 0. The lowest BCUT2D eigenvalue weighted by atomic mass is 10.2. The highest BCUT2D eigenvalue weighted by Crippen LogP contribution is 2.16. The molecule has 6 heteroatoms. The van der Waals surface area contributed by atoms with Crippen molar-refractivity contribution in [2.75, 3.05) is 14.2 Å². The van der Waals surface area contributed by atoms with Crippen LogP contribution in [0, 0.1) is 6.92 Å². The average molecular weight is 283 g/mol. The van der Waals surface area contributed by atoms with E-state index in [-0.39, 0.29) is 10.5 Å². The van der Waals surface area contributed by atoms with Crippen LogP contribution in [0.4, 0.5) is 0 Å². The number of esters is 1. The number of rotatable bonds is 4. The Kier molecular flexibility index (Phi) is 4.72. The fourth-order valence-corrected chi connectivity index (χ4v) is 2.54. The van der Waals surface area contributed by atoms with E-state index in [0.717, 1.165) is 9.87 Å². The van der Waals surface area contributed by atoms with Crippen LogP contribution in [0.3, 0.4) is 0 Å². The van der Waals surface area contributed by atoms with Crippen molar-refractivity contribution in [3.63, 3.8) is 0 Å². The molecule has 0 N–H and O–H groups in total. The zero-order valence-electron chi connectivity index (χ0n) is 11.4. The highest BCUT2D eigenvalue weighted by molar-refractivity contribution is 7.89. The molecule has 0 fully saturated rings. The lowest BCUT2D eigenvalue weighted by molar-refractivity contribution is -0.136. The molecule has 0 aliphatic heterocycles. The van der Waals surface area contributed by atoms with Gasteiger partial charge >= 0.3 is 5.97 Å². The highest BCUT2D eigenvalue weighted by atomic mass is 32.2. The first-order valence-electron chi connectivity index (χ1n) is 5.60. The number of aryl methyl sites for hydroxylation is 1. The van der Waals surface area contributed by atoms with Gasteiger partial charge in [-0.1, -0.05) is 17.7 Å². The monoisotopic (exact) mass is 283 g/mol. The molecule has 1 aromatic carbocycles. The molecular formula is C13H17NO4S. The third kappa shape index (κ3) is 3.57. The number of hydrogen-bond acceptors (Lipinski definition) is 4. The van der Waals surface area contributed by atoms with E-state index in [2.05, 4.69) is 4.74 Å². The van der Waals surface area contributed by atoms with Gasteiger partial charge in [-0.2, -0.15) is 0 Å². The predicted octanol–water partition coefficient (Wildman–Crippen LogP) is 1.69. The van der Waals surface area contributed by atoms with Gasteiger partial charge in [0.15, 0.2) is 0 Å². The first-order chi connectivity index (χ1) is 8.78. The third-order valence-corrected chi connectivity index (χ3v) is 4.31. The average Bonchev–Trinajstić information content (AvgIpc) is 2.38. The van der Waals surface area contributed by atoms with Gasteiger partial charge in [0, 0.05) is 13.2 Å². The van der Waals surface area contributed by atoms with Gasteiger partial charge < -0.3 is 4.74 Å². The number of ether oxygens (including phenoxy) is 1. The van der Waals surface area contributed by atoms with Crippen molar-refractivity contribution in [3.05, 3.63) is 41.6 Å². The van der Waals surface area contributed by atoms with Crippen LogP contribution in [0.2, 0.25) is 0 Å². The molecule has 1 rings (SSSR count). The van der Waals surface area contributed by atoms with Crippen LogP contribution >= 0.6 is 0 Å². The van der Waals surface area contributed by atoms with E-state index in [0.29, 0.717) is 0 Å². The van der Waals surface area contributed by atoms with E-state index < -0.39 is 16.0 Å². The molecule has 0 bridgehead atoms. The van der Waals surface area contributed by atoms with Gasteiger partial charge in [0.2, 0.25) is 0 Å². The molecule has 0 heterocycles. The smallest absolute Gasteiger partial charge is 0.334 e. The predicted molar refractivity (Wildman–Crippen MR) is 71.9 cm³/mol. The number of sulfonamides is 1. The normalized spacial score (nSPS) is 12.1. The Morgan fingerprint density at radius 3 is 2.26 bits per heavy atom. The molecule has 0 spiro atoms. The summed E-state index contributed by atoms with van der Waals surface area (Å²) in [5.41, 5.74) is 1.18. The topological polar surface area (TPSA) is 63.7 Å². The standard InChI is InChI=1S/C13H17NO4S/c1-10-5-7-12(8-6-10)19(16,17)14(3)9-11(2)13(15)18-4/h5-9H,1-4H3/b11-9+. The zero-order valence-corrected chi connectivity index (χ0v) is 12.2. The van der Waals surface area contributed by atoms with Crippen molar-refractivity contribution in [2.45, 2.75) is 18.7 Å². The van der Waals surface area contributed by atoms with E-state index in [1.165, 1.54) is 39.4 Å². The first-order valence-corrected chi connectivity index (χ1v) is 7.04. The fraction of sp³-hybridized carbons (Fsp3) is 0.308. The molecule has 1 aromatic rings. The van der Waals surface area contributed by atoms with E-state index in [9.17, 15) is 13.2 Å². The second-order valence-electron chi connectivity index (χ2n) is 4.14. The second-order valence-corrected chi connectivity index (χ2v) is 6.14. The fourth-order valence-electron chi connectivity index (χ4n) is 1.43. The maximum Gasteiger partial charge on any atom is 0.334 e. The lowest BCUT2D eigenvalue weighted by Crippen LogP contribution is -2.23. The number of benzene rings is 1. The molecule has 5 nitrogen and oxygen atoms in total. The van der Waals surface area contributed by atoms with Crippen molar-refractivity contribution < 1.29 is 17.9 Å². The van der Waals surface area contributed by atoms with Crippen molar-refractivity contribution >= 4 is 16.0 Å². The van der Waals surface area contributed by atoms with Crippen LogP contribution < -0.4 is 0 Å². The van der Waals surface area contributed by atoms with Gasteiger partial charge in [-0.3, -0.25) is 4.31 Å². The van der Waals surface area contributed by atoms with E-state index in [1.807, 2.05) is 6.92 Å². The van der Waals surface area contributed by atoms with Crippen LogP contribution in [0.15, 0.2) is 40.9 Å². The Balaban J connectivity index is 3.07. The third-order valence-electron chi connectivity index (χ3n) is 2.58. The molecule has 0 aliphatic rings. The Hall–Kier alpha value is -1.82. The minimum Gasteiger partial charge on any atom is -0.466 e. The Bertz CT molecular complexity index is 588. The molecule has 0 amide bonds. The van der Waals surface area contributed by atoms with Crippen molar-refractivity contribution in [3.8, 4) is 0 Å². The summed E-state index contributed by atoms with van der Waals surface area (Å²) < 4.78 is 30.0. The molecule has 0 saturated heterocycles. The summed E-state index contributed by atoms with van der Waals surface area (Å²) in [7, 11) is -1.02. The summed E-state index contributed by atoms with van der Waals surface area (Å²) in [5, 5.41) is 0. The molecule has 0 radical (unpaired) electrons. The Morgan fingerprint density at radius 2 is 1.79 bits per heavy atom. The van der Waals surface area contributed by atoms with Crippen molar-refractivity contribution in [2.24, 2.45) is 0 Å². The molecule has 104 valence electrons. The van der Waals surface area contributed by atoms with Gasteiger partial charge in [0.05, 0.1) is 17.6 Å². The number of carbonyl (C=O) groups excluding carboxylic acids is 1. The van der Waals surface area contributed by atoms with Crippen molar-refractivity contribution in [1.29, 1.82) is 0 Å². The van der Waals surface area contributed by atoms with Gasteiger partial charge in [-0.25, -0.2) is 13.2 Å². The van der Waals surface area contributed by atoms with Crippen LogP contribution in [0.5, 0.6) is 0 Å². The lowest BCUT2D eigenvalue weighted by Gasteiger charge is -2.16. The summed E-state index contributed by atoms with van der Waals surface area (Å²) in [6.07, 6.45) is 1.24. The summed E-state index contributed by atoms with van der Waals surface area (Å²) in [4.78, 5) is 11.4.